The summed E-state index contributed by atoms with van der Waals surface area (Å²) >= 11 is 1.37. The van der Waals surface area contributed by atoms with Gasteiger partial charge in [-0.15, -0.1) is 10.2 Å². The summed E-state index contributed by atoms with van der Waals surface area (Å²) in [5, 5.41) is 9.94. The molecule has 0 bridgehead atoms. The number of H-pyrrole nitrogens is 1. The SMILES string of the molecule is O=C(CSc1nnc(-c2c[nH]c3ccccc23)o1)N(C1CCCCC1)C1CCCCC1. The topological polar surface area (TPSA) is 75.0 Å². The lowest BCUT2D eigenvalue weighted by Gasteiger charge is -2.41. The highest BCUT2D eigenvalue weighted by atomic mass is 32.2. The first-order valence-electron chi connectivity index (χ1n) is 11.6. The number of thioether (sulfide) groups is 1. The molecule has 3 aromatic rings. The number of rotatable bonds is 6. The molecule has 0 spiro atoms. The summed E-state index contributed by atoms with van der Waals surface area (Å²) in [5.74, 6) is 1.09. The van der Waals surface area contributed by atoms with Crippen molar-refractivity contribution in [1.29, 1.82) is 0 Å². The van der Waals surface area contributed by atoms with Crippen LogP contribution in [0.4, 0.5) is 0 Å². The normalized spacial score (nSPS) is 18.5. The fourth-order valence-corrected chi connectivity index (χ4v) is 5.88. The molecule has 1 aromatic carbocycles. The standard InChI is InChI=1S/C24H30N4O2S/c29-22(28(17-9-3-1-4-10-17)18-11-5-2-6-12-18)16-31-24-27-26-23(30-24)20-15-25-21-14-8-7-13-19(20)21/h7-8,13-15,17-18,25H,1-6,9-12,16H2. The fraction of sp³-hybridized carbons (Fsp3) is 0.542. The summed E-state index contributed by atoms with van der Waals surface area (Å²) in [6, 6.07) is 8.87. The molecule has 164 valence electrons. The van der Waals surface area contributed by atoms with Crippen molar-refractivity contribution in [2.75, 3.05) is 5.75 Å². The lowest BCUT2D eigenvalue weighted by atomic mass is 9.88. The zero-order valence-electron chi connectivity index (χ0n) is 17.9. The predicted octanol–water partition coefficient (Wildman–Crippen LogP) is 5.80. The van der Waals surface area contributed by atoms with Crippen LogP contribution in [0.5, 0.6) is 0 Å². The van der Waals surface area contributed by atoms with E-state index in [1.165, 1.54) is 50.3 Å². The molecule has 2 fully saturated rings. The Morgan fingerprint density at radius 2 is 1.68 bits per heavy atom. The summed E-state index contributed by atoms with van der Waals surface area (Å²) < 4.78 is 5.91. The molecule has 0 aliphatic heterocycles. The van der Waals surface area contributed by atoms with Crippen molar-refractivity contribution in [2.45, 2.75) is 81.5 Å². The molecular weight excluding hydrogens is 408 g/mol. The van der Waals surface area contributed by atoms with Gasteiger partial charge in [0.05, 0.1) is 11.3 Å². The van der Waals surface area contributed by atoms with Gasteiger partial charge in [0.1, 0.15) is 0 Å². The van der Waals surface area contributed by atoms with E-state index >= 15 is 0 Å². The highest BCUT2D eigenvalue weighted by molar-refractivity contribution is 7.99. The highest BCUT2D eigenvalue weighted by Gasteiger charge is 2.32. The van der Waals surface area contributed by atoms with Crippen molar-refractivity contribution in [2.24, 2.45) is 0 Å². The minimum atomic E-state index is 0.232. The molecule has 0 radical (unpaired) electrons. The molecule has 6 nitrogen and oxygen atoms in total. The van der Waals surface area contributed by atoms with E-state index in [0.29, 0.717) is 29.0 Å². The Bertz CT molecular complexity index is 999. The fourth-order valence-electron chi connectivity index (χ4n) is 5.25. The van der Waals surface area contributed by atoms with Gasteiger partial charge in [-0.25, -0.2) is 0 Å². The number of carbonyl (C=O) groups excluding carboxylic acids is 1. The third-order valence-corrected chi connectivity index (χ3v) is 7.57. The zero-order chi connectivity index (χ0) is 21.0. The summed E-state index contributed by atoms with van der Waals surface area (Å²) in [7, 11) is 0. The van der Waals surface area contributed by atoms with E-state index in [1.54, 1.807) is 0 Å². The summed E-state index contributed by atoms with van der Waals surface area (Å²) in [6.07, 6.45) is 14.1. The number of amides is 1. The van der Waals surface area contributed by atoms with Gasteiger partial charge in [-0.05, 0) is 31.7 Å². The second kappa shape index (κ2) is 9.47. The number of para-hydroxylation sites is 1. The number of benzene rings is 1. The molecule has 31 heavy (non-hydrogen) atoms. The van der Waals surface area contributed by atoms with Crippen LogP contribution in [0.15, 0.2) is 40.1 Å². The van der Waals surface area contributed by atoms with E-state index in [2.05, 4.69) is 20.1 Å². The number of hydrogen-bond acceptors (Lipinski definition) is 5. The Morgan fingerprint density at radius 3 is 2.39 bits per heavy atom. The van der Waals surface area contributed by atoms with Crippen LogP contribution in [-0.2, 0) is 4.79 Å². The van der Waals surface area contributed by atoms with Crippen molar-refractivity contribution in [3.63, 3.8) is 0 Å². The predicted molar refractivity (Wildman–Crippen MR) is 123 cm³/mol. The number of hydrogen-bond donors (Lipinski definition) is 1. The van der Waals surface area contributed by atoms with Crippen LogP contribution in [0.3, 0.4) is 0 Å². The van der Waals surface area contributed by atoms with E-state index in [0.717, 1.165) is 42.1 Å². The molecule has 0 unspecified atom stereocenters. The van der Waals surface area contributed by atoms with Crippen LogP contribution in [0.1, 0.15) is 64.2 Å². The first-order chi connectivity index (χ1) is 15.3. The monoisotopic (exact) mass is 438 g/mol. The third-order valence-electron chi connectivity index (χ3n) is 6.77. The zero-order valence-corrected chi connectivity index (χ0v) is 18.7. The van der Waals surface area contributed by atoms with Crippen LogP contribution >= 0.6 is 11.8 Å². The van der Waals surface area contributed by atoms with Gasteiger partial charge in [0.25, 0.3) is 11.1 Å². The smallest absolute Gasteiger partial charge is 0.277 e. The molecule has 0 atom stereocenters. The minimum absolute atomic E-state index is 0.232. The second-order valence-corrected chi connectivity index (χ2v) is 9.72. The molecule has 2 heterocycles. The van der Waals surface area contributed by atoms with Gasteiger partial charge in [-0.2, -0.15) is 0 Å². The average Bonchev–Trinajstić information content (AvgIpc) is 3.46. The Kier molecular flexibility index (Phi) is 6.30. The summed E-state index contributed by atoms with van der Waals surface area (Å²) in [4.78, 5) is 18.8. The molecule has 2 aliphatic rings. The van der Waals surface area contributed by atoms with Gasteiger partial charge in [-0.3, -0.25) is 4.79 Å². The van der Waals surface area contributed by atoms with Gasteiger partial charge >= 0.3 is 0 Å². The largest absolute Gasteiger partial charge is 0.411 e. The van der Waals surface area contributed by atoms with Gasteiger partial charge in [0, 0.05) is 29.2 Å². The van der Waals surface area contributed by atoms with Crippen molar-refractivity contribution < 1.29 is 9.21 Å². The minimum Gasteiger partial charge on any atom is -0.411 e. The molecule has 2 aromatic heterocycles. The maximum absolute atomic E-state index is 13.3. The molecule has 7 heteroatoms. The Balaban J connectivity index is 1.27. The van der Waals surface area contributed by atoms with Crippen molar-refractivity contribution in [3.05, 3.63) is 30.5 Å². The second-order valence-electron chi connectivity index (χ2n) is 8.79. The van der Waals surface area contributed by atoms with E-state index in [1.807, 2.05) is 30.5 Å². The number of aromatic amines is 1. The molecular formula is C24H30N4O2S. The lowest BCUT2D eigenvalue weighted by molar-refractivity contribution is -0.135. The molecule has 5 rings (SSSR count). The van der Waals surface area contributed by atoms with Crippen LogP contribution in [0.2, 0.25) is 0 Å². The van der Waals surface area contributed by atoms with Crippen LogP contribution in [0, 0.1) is 0 Å². The van der Waals surface area contributed by atoms with Crippen molar-refractivity contribution >= 4 is 28.6 Å². The number of nitrogens with zero attached hydrogens (tertiary/aromatic N) is 3. The van der Waals surface area contributed by atoms with E-state index in [-0.39, 0.29) is 5.91 Å². The van der Waals surface area contributed by atoms with Crippen LogP contribution in [-0.4, -0.2) is 43.8 Å². The van der Waals surface area contributed by atoms with Gasteiger partial charge in [-0.1, -0.05) is 68.5 Å². The summed E-state index contributed by atoms with van der Waals surface area (Å²) in [5.41, 5.74) is 1.93. The quantitative estimate of drug-likeness (QED) is 0.492. The maximum Gasteiger partial charge on any atom is 0.277 e. The van der Waals surface area contributed by atoms with E-state index in [4.69, 9.17) is 4.42 Å². The van der Waals surface area contributed by atoms with Crippen molar-refractivity contribution in [1.82, 2.24) is 20.1 Å². The van der Waals surface area contributed by atoms with Crippen molar-refractivity contribution in [3.8, 4) is 11.5 Å². The first-order valence-corrected chi connectivity index (χ1v) is 12.6. The molecule has 2 saturated carbocycles. The third kappa shape index (κ3) is 4.52. The number of fused-ring (bicyclic) bond motifs is 1. The van der Waals surface area contributed by atoms with Crippen LogP contribution < -0.4 is 0 Å². The van der Waals surface area contributed by atoms with Gasteiger partial charge < -0.3 is 14.3 Å². The number of nitrogens with one attached hydrogen (secondary N) is 1. The molecule has 1 N–H and O–H groups in total. The number of aromatic nitrogens is 3. The van der Waals surface area contributed by atoms with Gasteiger partial charge in [0.15, 0.2) is 0 Å². The highest BCUT2D eigenvalue weighted by Crippen LogP contribution is 2.32. The van der Waals surface area contributed by atoms with E-state index in [9.17, 15) is 4.79 Å². The molecule has 0 saturated heterocycles. The number of carbonyl (C=O) groups is 1. The Labute approximate surface area is 187 Å². The van der Waals surface area contributed by atoms with Gasteiger partial charge in [0.2, 0.25) is 5.91 Å². The molecule has 2 aliphatic carbocycles. The Hall–Kier alpha value is -2.28. The van der Waals surface area contributed by atoms with Crippen LogP contribution in [0.25, 0.3) is 22.4 Å². The molecule has 1 amide bonds. The summed E-state index contributed by atoms with van der Waals surface area (Å²) in [6.45, 7) is 0. The maximum atomic E-state index is 13.3. The Morgan fingerprint density at radius 1 is 1.00 bits per heavy atom. The first kappa shape index (κ1) is 20.6. The average molecular weight is 439 g/mol. The van der Waals surface area contributed by atoms with E-state index < -0.39 is 0 Å². The lowest BCUT2D eigenvalue weighted by Crippen LogP contribution is -2.49.